The molecule has 10 nitrogen and oxygen atoms in total. The zero-order valence-electron chi connectivity index (χ0n) is 14.2. The number of tetrazole rings is 1. The Kier molecular flexibility index (Phi) is 3.47. The number of rotatable bonds is 2. The molecule has 5 heterocycles. The van der Waals surface area contributed by atoms with E-state index in [2.05, 4.69) is 30.7 Å². The second kappa shape index (κ2) is 5.88. The van der Waals surface area contributed by atoms with E-state index in [9.17, 15) is 4.79 Å². The molecule has 11 heteroatoms. The topological polar surface area (TPSA) is 110 Å². The monoisotopic (exact) mass is 383 g/mol. The average molecular weight is 384 g/mol. The van der Waals surface area contributed by atoms with Crippen LogP contribution < -0.4 is 0 Å². The molecule has 1 aliphatic heterocycles. The van der Waals surface area contributed by atoms with E-state index < -0.39 is 0 Å². The Hall–Kier alpha value is -3.27. The molecule has 136 valence electrons. The minimum Gasteiger partial charge on any atom is -0.329 e. The van der Waals surface area contributed by atoms with Gasteiger partial charge in [-0.25, -0.2) is 9.50 Å². The standard InChI is InChI=1S/C16H14ClN9O/c1-9-14-10(3-5-25(14)16-19-22-23-20-16)2-4-24(9)15(27)12-6-13-18-7-11(17)8-26(13)21-12/h3,5-9H,2,4H2,1H3,(H,19,20,22,23). The van der Waals surface area contributed by atoms with Crippen molar-refractivity contribution in [2.75, 3.05) is 6.54 Å². The molecular formula is C16H14ClN9O. The van der Waals surface area contributed by atoms with Gasteiger partial charge in [0.15, 0.2) is 11.3 Å². The van der Waals surface area contributed by atoms with Gasteiger partial charge in [0, 0.05) is 25.0 Å². The summed E-state index contributed by atoms with van der Waals surface area (Å²) >= 11 is 5.95. The third-order valence-corrected chi connectivity index (χ3v) is 5.01. The molecule has 0 spiro atoms. The average Bonchev–Trinajstić information content (AvgIpc) is 3.39. The number of fused-ring (bicyclic) bond motifs is 2. The molecule has 5 rings (SSSR count). The lowest BCUT2D eigenvalue weighted by Gasteiger charge is -2.34. The highest BCUT2D eigenvalue weighted by Crippen LogP contribution is 2.32. The number of carbonyl (C=O) groups excluding carboxylic acids is 1. The maximum Gasteiger partial charge on any atom is 0.275 e. The minimum absolute atomic E-state index is 0.157. The molecule has 0 saturated carbocycles. The van der Waals surface area contributed by atoms with Gasteiger partial charge in [0.1, 0.15) is 0 Å². The first-order chi connectivity index (χ1) is 13.1. The maximum atomic E-state index is 13.1. The zero-order chi connectivity index (χ0) is 18.5. The molecule has 4 aromatic heterocycles. The molecule has 0 radical (unpaired) electrons. The number of nitrogens with zero attached hydrogens (tertiary/aromatic N) is 8. The van der Waals surface area contributed by atoms with Gasteiger partial charge in [-0.05, 0) is 30.2 Å². The van der Waals surface area contributed by atoms with Crippen molar-refractivity contribution < 1.29 is 4.79 Å². The summed E-state index contributed by atoms with van der Waals surface area (Å²) in [7, 11) is 0. The first kappa shape index (κ1) is 15.9. The number of carbonyl (C=O) groups is 1. The van der Waals surface area contributed by atoms with Crippen LogP contribution in [0.4, 0.5) is 0 Å². The second-order valence-corrected chi connectivity index (χ2v) is 6.77. The van der Waals surface area contributed by atoms with Crippen LogP contribution >= 0.6 is 11.6 Å². The van der Waals surface area contributed by atoms with Gasteiger partial charge in [-0.15, -0.1) is 5.10 Å². The highest BCUT2D eigenvalue weighted by molar-refractivity contribution is 6.30. The van der Waals surface area contributed by atoms with Gasteiger partial charge in [-0.1, -0.05) is 16.7 Å². The summed E-state index contributed by atoms with van der Waals surface area (Å²) in [4.78, 5) is 19.1. The summed E-state index contributed by atoms with van der Waals surface area (Å²) in [5.74, 6) is 0.291. The molecule has 0 fully saturated rings. The molecule has 1 N–H and O–H groups in total. The van der Waals surface area contributed by atoms with Gasteiger partial charge >= 0.3 is 0 Å². The van der Waals surface area contributed by atoms with E-state index in [0.29, 0.717) is 28.9 Å². The van der Waals surface area contributed by atoms with Crippen molar-refractivity contribution in [2.24, 2.45) is 0 Å². The molecule has 1 atom stereocenters. The summed E-state index contributed by atoms with van der Waals surface area (Å²) in [5.41, 5.74) is 3.04. The molecule has 1 amide bonds. The fourth-order valence-electron chi connectivity index (χ4n) is 3.56. The summed E-state index contributed by atoms with van der Waals surface area (Å²) in [6.07, 6.45) is 5.80. The van der Waals surface area contributed by atoms with Crippen molar-refractivity contribution in [1.29, 1.82) is 0 Å². The van der Waals surface area contributed by atoms with Crippen LogP contribution in [0.5, 0.6) is 0 Å². The lowest BCUT2D eigenvalue weighted by atomic mass is 10.0. The van der Waals surface area contributed by atoms with E-state index >= 15 is 0 Å². The number of amides is 1. The molecule has 1 unspecified atom stereocenters. The Labute approximate surface area is 157 Å². The largest absolute Gasteiger partial charge is 0.329 e. The minimum atomic E-state index is -0.170. The number of aromatic amines is 1. The van der Waals surface area contributed by atoms with Gasteiger partial charge in [0.05, 0.1) is 23.0 Å². The summed E-state index contributed by atoms with van der Waals surface area (Å²) in [5, 5.41) is 18.9. The second-order valence-electron chi connectivity index (χ2n) is 6.34. The van der Waals surface area contributed by atoms with Crippen LogP contribution in [0.2, 0.25) is 5.02 Å². The summed E-state index contributed by atoms with van der Waals surface area (Å²) in [6, 6.07) is 3.52. The van der Waals surface area contributed by atoms with E-state index in [1.54, 1.807) is 17.2 Å². The van der Waals surface area contributed by atoms with Gasteiger partial charge in [-0.3, -0.25) is 9.36 Å². The predicted molar refractivity (Wildman–Crippen MR) is 94.7 cm³/mol. The molecule has 27 heavy (non-hydrogen) atoms. The summed E-state index contributed by atoms with van der Waals surface area (Å²) in [6.45, 7) is 2.59. The fourth-order valence-corrected chi connectivity index (χ4v) is 3.71. The molecule has 1 aliphatic rings. The number of aromatic nitrogens is 8. The van der Waals surface area contributed by atoms with Crippen LogP contribution in [0.1, 0.15) is 34.7 Å². The Morgan fingerprint density at radius 3 is 3.11 bits per heavy atom. The smallest absolute Gasteiger partial charge is 0.275 e. The van der Waals surface area contributed by atoms with Crippen molar-refractivity contribution in [3.8, 4) is 5.95 Å². The number of H-pyrrole nitrogens is 1. The molecule has 4 aromatic rings. The van der Waals surface area contributed by atoms with Crippen LogP contribution in [-0.4, -0.2) is 57.1 Å². The van der Waals surface area contributed by atoms with Gasteiger partial charge in [0.2, 0.25) is 0 Å². The van der Waals surface area contributed by atoms with E-state index in [1.807, 2.05) is 23.8 Å². The van der Waals surface area contributed by atoms with Crippen LogP contribution in [0, 0.1) is 0 Å². The molecular weight excluding hydrogens is 370 g/mol. The number of halogens is 1. The SMILES string of the molecule is CC1c2c(ccn2-c2nn[nH]n2)CCN1C(=O)c1cc2ncc(Cl)cn2n1. The highest BCUT2D eigenvalue weighted by atomic mass is 35.5. The van der Waals surface area contributed by atoms with Crippen LogP contribution in [-0.2, 0) is 6.42 Å². The fraction of sp³-hybridized carbons (Fsp3) is 0.250. The first-order valence-electron chi connectivity index (χ1n) is 8.37. The highest BCUT2D eigenvalue weighted by Gasteiger charge is 2.32. The Morgan fingerprint density at radius 1 is 1.41 bits per heavy atom. The van der Waals surface area contributed by atoms with Gasteiger partial charge in [-0.2, -0.15) is 10.3 Å². The first-order valence-corrected chi connectivity index (χ1v) is 8.75. The quantitative estimate of drug-likeness (QED) is 0.561. The number of hydrogen-bond acceptors (Lipinski definition) is 6. The van der Waals surface area contributed by atoms with E-state index in [1.165, 1.54) is 16.3 Å². The van der Waals surface area contributed by atoms with Crippen molar-refractivity contribution in [1.82, 2.24) is 44.7 Å². The van der Waals surface area contributed by atoms with E-state index in [0.717, 1.165) is 12.1 Å². The zero-order valence-corrected chi connectivity index (χ0v) is 15.0. The Balaban J connectivity index is 1.51. The maximum absolute atomic E-state index is 13.1. The van der Waals surface area contributed by atoms with Crippen molar-refractivity contribution in [3.63, 3.8) is 0 Å². The van der Waals surface area contributed by atoms with Gasteiger partial charge in [0.25, 0.3) is 11.9 Å². The van der Waals surface area contributed by atoms with Crippen molar-refractivity contribution >= 4 is 23.2 Å². The van der Waals surface area contributed by atoms with Crippen LogP contribution in [0.25, 0.3) is 11.6 Å². The molecule has 0 saturated heterocycles. The third kappa shape index (κ3) is 2.48. The predicted octanol–water partition coefficient (Wildman–Crippen LogP) is 1.45. The Bertz CT molecular complexity index is 1150. The number of hydrogen-bond donors (Lipinski definition) is 1. The Morgan fingerprint density at radius 2 is 2.30 bits per heavy atom. The van der Waals surface area contributed by atoms with Crippen molar-refractivity contribution in [3.05, 3.63) is 52.7 Å². The lowest BCUT2D eigenvalue weighted by molar-refractivity contribution is 0.0665. The lowest BCUT2D eigenvalue weighted by Crippen LogP contribution is -2.39. The number of nitrogens with one attached hydrogen (secondary N) is 1. The molecule has 0 bridgehead atoms. The van der Waals surface area contributed by atoms with Crippen molar-refractivity contribution in [2.45, 2.75) is 19.4 Å². The van der Waals surface area contributed by atoms with Gasteiger partial charge < -0.3 is 4.90 Å². The van der Waals surface area contributed by atoms with E-state index in [-0.39, 0.29) is 11.9 Å². The summed E-state index contributed by atoms with van der Waals surface area (Å²) < 4.78 is 3.37. The normalized spacial score (nSPS) is 16.7. The van der Waals surface area contributed by atoms with E-state index in [4.69, 9.17) is 11.6 Å². The molecule has 0 aromatic carbocycles. The third-order valence-electron chi connectivity index (χ3n) is 4.81. The van der Waals surface area contributed by atoms with Crippen LogP contribution in [0.3, 0.4) is 0 Å². The van der Waals surface area contributed by atoms with Crippen LogP contribution in [0.15, 0.2) is 30.7 Å². The molecule has 0 aliphatic carbocycles.